The summed E-state index contributed by atoms with van der Waals surface area (Å²) < 4.78 is 20.0. The SMILES string of the molecule is CCOCCOC(=O)NCC(OC)OCC. The lowest BCUT2D eigenvalue weighted by atomic mass is 10.6. The van der Waals surface area contributed by atoms with E-state index in [9.17, 15) is 4.79 Å². The van der Waals surface area contributed by atoms with Crippen LogP contribution in [0.3, 0.4) is 0 Å². The Morgan fingerprint density at radius 1 is 1.25 bits per heavy atom. The first kappa shape index (κ1) is 15.2. The van der Waals surface area contributed by atoms with Gasteiger partial charge in [0.1, 0.15) is 6.61 Å². The largest absolute Gasteiger partial charge is 0.447 e. The fourth-order valence-corrected chi connectivity index (χ4v) is 0.952. The molecule has 0 fully saturated rings. The highest BCUT2D eigenvalue weighted by Crippen LogP contribution is 1.91. The Labute approximate surface area is 96.2 Å². The van der Waals surface area contributed by atoms with Crippen molar-refractivity contribution in [1.82, 2.24) is 5.32 Å². The van der Waals surface area contributed by atoms with Gasteiger partial charge in [0.2, 0.25) is 0 Å². The summed E-state index contributed by atoms with van der Waals surface area (Å²) in [6.07, 6.45) is -0.939. The summed E-state index contributed by atoms with van der Waals surface area (Å²) in [6.45, 7) is 5.78. The van der Waals surface area contributed by atoms with Gasteiger partial charge in [0.05, 0.1) is 13.2 Å². The molecular formula is C10H21NO5. The Morgan fingerprint density at radius 3 is 2.56 bits per heavy atom. The summed E-state index contributed by atoms with van der Waals surface area (Å²) >= 11 is 0. The summed E-state index contributed by atoms with van der Waals surface area (Å²) in [7, 11) is 1.52. The molecule has 0 radical (unpaired) electrons. The number of alkyl carbamates (subject to hydrolysis) is 1. The molecule has 1 N–H and O–H groups in total. The Hall–Kier alpha value is -0.850. The van der Waals surface area contributed by atoms with E-state index in [0.29, 0.717) is 19.8 Å². The molecule has 0 rings (SSSR count). The molecule has 6 heteroatoms. The molecule has 0 aliphatic heterocycles. The molecule has 1 amide bonds. The van der Waals surface area contributed by atoms with E-state index in [1.807, 2.05) is 13.8 Å². The van der Waals surface area contributed by atoms with Crippen LogP contribution in [-0.4, -0.2) is 52.5 Å². The van der Waals surface area contributed by atoms with Gasteiger partial charge in [-0.05, 0) is 13.8 Å². The van der Waals surface area contributed by atoms with Crippen LogP contribution in [0.5, 0.6) is 0 Å². The minimum Gasteiger partial charge on any atom is -0.447 e. The third-order valence-electron chi connectivity index (χ3n) is 1.69. The minimum absolute atomic E-state index is 0.242. The minimum atomic E-state index is -0.499. The number of nitrogens with one attached hydrogen (secondary N) is 1. The van der Waals surface area contributed by atoms with Crippen LogP contribution >= 0.6 is 0 Å². The van der Waals surface area contributed by atoms with Crippen molar-refractivity contribution in [3.63, 3.8) is 0 Å². The van der Waals surface area contributed by atoms with Crippen molar-refractivity contribution in [1.29, 1.82) is 0 Å². The van der Waals surface area contributed by atoms with E-state index < -0.39 is 12.4 Å². The zero-order valence-corrected chi connectivity index (χ0v) is 10.2. The lowest BCUT2D eigenvalue weighted by Gasteiger charge is -2.15. The number of ether oxygens (including phenoxy) is 4. The number of hydrogen-bond donors (Lipinski definition) is 1. The second-order valence-electron chi connectivity index (χ2n) is 2.83. The molecule has 0 aromatic carbocycles. The lowest BCUT2D eigenvalue weighted by Crippen LogP contribution is -2.35. The highest BCUT2D eigenvalue weighted by atomic mass is 16.7. The van der Waals surface area contributed by atoms with Crippen LogP contribution in [0.15, 0.2) is 0 Å². The highest BCUT2D eigenvalue weighted by molar-refractivity contribution is 5.67. The van der Waals surface area contributed by atoms with E-state index in [2.05, 4.69) is 5.32 Å². The molecule has 0 heterocycles. The zero-order chi connectivity index (χ0) is 12.2. The smallest absolute Gasteiger partial charge is 0.407 e. The predicted octanol–water partition coefficient (Wildman–Crippen LogP) is 0.758. The monoisotopic (exact) mass is 235 g/mol. The average molecular weight is 235 g/mol. The fraction of sp³-hybridized carbons (Fsp3) is 0.900. The molecule has 0 saturated heterocycles. The van der Waals surface area contributed by atoms with Crippen molar-refractivity contribution < 1.29 is 23.7 Å². The van der Waals surface area contributed by atoms with Gasteiger partial charge in [0, 0.05) is 20.3 Å². The number of hydrogen-bond acceptors (Lipinski definition) is 5. The predicted molar refractivity (Wildman–Crippen MR) is 58.3 cm³/mol. The quantitative estimate of drug-likeness (QED) is 0.472. The summed E-state index contributed by atoms with van der Waals surface area (Å²) in [5.74, 6) is 0. The van der Waals surface area contributed by atoms with Gasteiger partial charge in [-0.3, -0.25) is 0 Å². The van der Waals surface area contributed by atoms with Crippen LogP contribution in [0.25, 0.3) is 0 Å². The van der Waals surface area contributed by atoms with Crippen molar-refractivity contribution >= 4 is 6.09 Å². The Kier molecular flexibility index (Phi) is 10.1. The Bertz CT molecular complexity index is 177. The van der Waals surface area contributed by atoms with Gasteiger partial charge in [-0.2, -0.15) is 0 Å². The first-order chi connectivity index (χ1) is 7.74. The fourth-order valence-electron chi connectivity index (χ4n) is 0.952. The summed E-state index contributed by atoms with van der Waals surface area (Å²) in [4.78, 5) is 11.1. The molecule has 0 aromatic heterocycles. The first-order valence-corrected chi connectivity index (χ1v) is 5.37. The molecule has 0 aromatic rings. The van der Waals surface area contributed by atoms with Crippen LogP contribution in [-0.2, 0) is 18.9 Å². The van der Waals surface area contributed by atoms with Crippen LogP contribution in [0.2, 0.25) is 0 Å². The molecule has 16 heavy (non-hydrogen) atoms. The zero-order valence-electron chi connectivity index (χ0n) is 10.2. The van der Waals surface area contributed by atoms with Crippen molar-refractivity contribution in [3.05, 3.63) is 0 Å². The normalized spacial score (nSPS) is 12.2. The average Bonchev–Trinajstić information content (AvgIpc) is 2.30. The van der Waals surface area contributed by atoms with E-state index in [-0.39, 0.29) is 13.2 Å². The number of carbonyl (C=O) groups is 1. The highest BCUT2D eigenvalue weighted by Gasteiger charge is 2.09. The molecule has 6 nitrogen and oxygen atoms in total. The van der Waals surface area contributed by atoms with Crippen molar-refractivity contribution in [2.45, 2.75) is 20.1 Å². The van der Waals surface area contributed by atoms with Gasteiger partial charge in [0.25, 0.3) is 0 Å². The maximum absolute atomic E-state index is 11.1. The number of amides is 1. The Balaban J connectivity index is 3.47. The van der Waals surface area contributed by atoms with Gasteiger partial charge in [0.15, 0.2) is 6.29 Å². The third kappa shape index (κ3) is 8.46. The Morgan fingerprint density at radius 2 is 2.00 bits per heavy atom. The molecule has 1 unspecified atom stereocenters. The number of methoxy groups -OCH3 is 1. The third-order valence-corrected chi connectivity index (χ3v) is 1.69. The van der Waals surface area contributed by atoms with E-state index in [0.717, 1.165) is 0 Å². The second kappa shape index (κ2) is 10.7. The second-order valence-corrected chi connectivity index (χ2v) is 2.83. The van der Waals surface area contributed by atoms with Crippen LogP contribution in [0.1, 0.15) is 13.8 Å². The molecule has 0 bridgehead atoms. The van der Waals surface area contributed by atoms with Crippen molar-refractivity contribution in [2.75, 3.05) is 40.1 Å². The number of carbonyl (C=O) groups excluding carboxylic acids is 1. The standard InChI is InChI=1S/C10H21NO5/c1-4-14-6-7-16-10(12)11-8-9(13-3)15-5-2/h9H,4-8H2,1-3H3,(H,11,12). The lowest BCUT2D eigenvalue weighted by molar-refractivity contribution is -0.116. The van der Waals surface area contributed by atoms with E-state index in [1.165, 1.54) is 7.11 Å². The molecule has 0 aliphatic carbocycles. The number of rotatable bonds is 9. The summed E-state index contributed by atoms with van der Waals surface area (Å²) in [6, 6.07) is 0. The maximum Gasteiger partial charge on any atom is 0.407 e. The summed E-state index contributed by atoms with van der Waals surface area (Å²) in [5.41, 5.74) is 0. The van der Waals surface area contributed by atoms with Gasteiger partial charge >= 0.3 is 6.09 Å². The van der Waals surface area contributed by atoms with Gasteiger partial charge < -0.3 is 24.3 Å². The molecule has 0 saturated carbocycles. The van der Waals surface area contributed by atoms with E-state index in [4.69, 9.17) is 18.9 Å². The van der Waals surface area contributed by atoms with Gasteiger partial charge in [-0.1, -0.05) is 0 Å². The van der Waals surface area contributed by atoms with Crippen LogP contribution in [0, 0.1) is 0 Å². The first-order valence-electron chi connectivity index (χ1n) is 5.37. The van der Waals surface area contributed by atoms with E-state index >= 15 is 0 Å². The van der Waals surface area contributed by atoms with Gasteiger partial charge in [-0.25, -0.2) is 4.79 Å². The molecule has 1 atom stereocenters. The molecular weight excluding hydrogens is 214 g/mol. The van der Waals surface area contributed by atoms with Crippen LogP contribution in [0.4, 0.5) is 4.79 Å². The van der Waals surface area contributed by atoms with E-state index in [1.54, 1.807) is 0 Å². The van der Waals surface area contributed by atoms with Gasteiger partial charge in [-0.15, -0.1) is 0 Å². The van der Waals surface area contributed by atoms with Crippen molar-refractivity contribution in [3.8, 4) is 0 Å². The molecule has 0 spiro atoms. The molecule has 96 valence electrons. The molecule has 0 aliphatic rings. The summed E-state index contributed by atoms with van der Waals surface area (Å²) in [5, 5.41) is 2.53. The van der Waals surface area contributed by atoms with Crippen molar-refractivity contribution in [2.24, 2.45) is 0 Å². The topological polar surface area (TPSA) is 66.0 Å². The van der Waals surface area contributed by atoms with Crippen LogP contribution < -0.4 is 5.32 Å². The maximum atomic E-state index is 11.1.